The molecule has 0 fully saturated rings. The number of nitrogens with one attached hydrogen (secondary N) is 2. The highest BCUT2D eigenvalue weighted by Crippen LogP contribution is 2.11. The highest BCUT2D eigenvalue weighted by Gasteiger charge is 2.27. The van der Waals surface area contributed by atoms with Crippen LogP contribution in [0.5, 0.6) is 5.75 Å². The number of rotatable bonds is 11. The van der Waals surface area contributed by atoms with Crippen molar-refractivity contribution in [3.63, 3.8) is 0 Å². The minimum absolute atomic E-state index is 0.00181. The van der Waals surface area contributed by atoms with Crippen LogP contribution in [-0.4, -0.2) is 68.9 Å². The molecule has 1 rings (SSSR count). The van der Waals surface area contributed by atoms with Crippen LogP contribution in [0.25, 0.3) is 0 Å². The van der Waals surface area contributed by atoms with Gasteiger partial charge >= 0.3 is 11.9 Å². The summed E-state index contributed by atoms with van der Waals surface area (Å²) in [6, 6.07) is 1.71. The van der Waals surface area contributed by atoms with Gasteiger partial charge in [0.25, 0.3) is 0 Å². The van der Waals surface area contributed by atoms with Crippen molar-refractivity contribution in [3.8, 4) is 5.75 Å². The quantitative estimate of drug-likeness (QED) is 0.224. The second kappa shape index (κ2) is 10.8. The van der Waals surface area contributed by atoms with E-state index in [2.05, 4.69) is 10.6 Å². The van der Waals surface area contributed by atoms with E-state index in [-0.39, 0.29) is 25.0 Å². The Labute approximate surface area is 160 Å². The number of carboxylic acid groups (broad SMARTS) is 2. The van der Waals surface area contributed by atoms with Crippen LogP contribution >= 0.6 is 0 Å². The van der Waals surface area contributed by atoms with Gasteiger partial charge in [-0.1, -0.05) is 12.1 Å². The lowest BCUT2D eigenvalue weighted by atomic mass is 10.1. The first-order chi connectivity index (χ1) is 13.1. The SMILES string of the molecule is N[C@@H](CCC(=O)O)C(=O)N[C@@H](CO)C(=O)N[C@@H](Cc1ccc(O)cc1)C(=O)O. The molecule has 11 nitrogen and oxygen atoms in total. The number of hydrogen-bond acceptors (Lipinski definition) is 7. The number of nitrogens with two attached hydrogens (primary N) is 1. The molecular weight excluding hydrogens is 374 g/mol. The highest BCUT2D eigenvalue weighted by atomic mass is 16.4. The third-order valence-corrected chi connectivity index (χ3v) is 3.81. The zero-order chi connectivity index (χ0) is 21.3. The van der Waals surface area contributed by atoms with Gasteiger partial charge in [-0.3, -0.25) is 14.4 Å². The molecule has 8 N–H and O–H groups in total. The fourth-order valence-corrected chi connectivity index (χ4v) is 2.22. The number of carbonyl (C=O) groups excluding carboxylic acids is 2. The lowest BCUT2D eigenvalue weighted by Gasteiger charge is -2.21. The van der Waals surface area contributed by atoms with Crippen molar-refractivity contribution in [2.24, 2.45) is 5.73 Å². The van der Waals surface area contributed by atoms with Crippen LogP contribution in [0.1, 0.15) is 18.4 Å². The summed E-state index contributed by atoms with van der Waals surface area (Å²) >= 11 is 0. The molecule has 0 heterocycles. The average molecular weight is 397 g/mol. The van der Waals surface area contributed by atoms with E-state index in [1.54, 1.807) is 0 Å². The summed E-state index contributed by atoms with van der Waals surface area (Å²) in [5.74, 6) is -4.25. The first-order valence-corrected chi connectivity index (χ1v) is 8.33. The Bertz CT molecular complexity index is 707. The number of carboxylic acids is 2. The van der Waals surface area contributed by atoms with Crippen LogP contribution in [0.2, 0.25) is 0 Å². The highest BCUT2D eigenvalue weighted by molar-refractivity contribution is 5.92. The summed E-state index contributed by atoms with van der Waals surface area (Å²) in [6.45, 7) is -0.811. The van der Waals surface area contributed by atoms with Crippen molar-refractivity contribution >= 4 is 23.8 Å². The molecule has 0 aliphatic carbocycles. The van der Waals surface area contributed by atoms with Gasteiger partial charge in [0.05, 0.1) is 12.6 Å². The molecule has 28 heavy (non-hydrogen) atoms. The van der Waals surface area contributed by atoms with Crippen LogP contribution in [0.3, 0.4) is 0 Å². The largest absolute Gasteiger partial charge is 0.508 e. The molecule has 1 aromatic rings. The molecule has 154 valence electrons. The van der Waals surface area contributed by atoms with Crippen molar-refractivity contribution in [1.29, 1.82) is 0 Å². The summed E-state index contributed by atoms with van der Waals surface area (Å²) in [5, 5.41) is 40.8. The molecule has 0 aromatic heterocycles. The van der Waals surface area contributed by atoms with E-state index in [1.165, 1.54) is 24.3 Å². The van der Waals surface area contributed by atoms with Gasteiger partial charge in [-0.05, 0) is 24.1 Å². The predicted octanol–water partition coefficient (Wildman–Crippen LogP) is -1.83. The summed E-state index contributed by atoms with van der Waals surface area (Å²) in [7, 11) is 0. The number of aliphatic hydroxyl groups excluding tert-OH is 1. The fourth-order valence-electron chi connectivity index (χ4n) is 2.22. The third-order valence-electron chi connectivity index (χ3n) is 3.81. The Hall–Kier alpha value is -3.18. The maximum absolute atomic E-state index is 12.2. The molecule has 2 amide bonds. The van der Waals surface area contributed by atoms with Crippen molar-refractivity contribution in [1.82, 2.24) is 10.6 Å². The van der Waals surface area contributed by atoms with E-state index >= 15 is 0 Å². The summed E-state index contributed by atoms with van der Waals surface area (Å²) in [5.41, 5.74) is 6.06. The first kappa shape index (κ1) is 22.9. The zero-order valence-electron chi connectivity index (χ0n) is 14.9. The monoisotopic (exact) mass is 397 g/mol. The zero-order valence-corrected chi connectivity index (χ0v) is 14.9. The molecule has 3 atom stereocenters. The van der Waals surface area contributed by atoms with E-state index in [0.717, 1.165) is 0 Å². The van der Waals surface area contributed by atoms with Crippen LogP contribution in [0.15, 0.2) is 24.3 Å². The molecule has 0 saturated carbocycles. The van der Waals surface area contributed by atoms with Crippen molar-refractivity contribution in [3.05, 3.63) is 29.8 Å². The standard InChI is InChI=1S/C17H23N3O8/c18-11(5-6-14(23)24)15(25)20-13(8-21)16(26)19-12(17(27)28)7-9-1-3-10(22)4-2-9/h1-4,11-13,21-22H,5-8,18H2,(H,19,26)(H,20,25)(H,23,24)(H,27,28)/t11-,12-,13-/m0/s1. The number of aliphatic carboxylic acids is 2. The molecule has 0 spiro atoms. The summed E-state index contributed by atoms with van der Waals surface area (Å²) in [4.78, 5) is 46.1. The van der Waals surface area contributed by atoms with Gasteiger partial charge in [-0.2, -0.15) is 0 Å². The lowest BCUT2D eigenvalue weighted by molar-refractivity contribution is -0.142. The Morgan fingerprint density at radius 1 is 0.964 bits per heavy atom. The maximum Gasteiger partial charge on any atom is 0.326 e. The molecule has 0 aliphatic rings. The predicted molar refractivity (Wildman–Crippen MR) is 95.2 cm³/mol. The fraction of sp³-hybridized carbons (Fsp3) is 0.412. The number of benzene rings is 1. The van der Waals surface area contributed by atoms with Gasteiger partial charge in [-0.25, -0.2) is 4.79 Å². The van der Waals surface area contributed by atoms with Gasteiger partial charge in [0.1, 0.15) is 17.8 Å². The molecular formula is C17H23N3O8. The number of aliphatic hydroxyl groups is 1. The second-order valence-electron chi connectivity index (χ2n) is 6.05. The number of hydrogen-bond donors (Lipinski definition) is 7. The molecule has 0 radical (unpaired) electrons. The molecule has 1 aromatic carbocycles. The molecule has 0 saturated heterocycles. The minimum atomic E-state index is -1.45. The third kappa shape index (κ3) is 7.60. The van der Waals surface area contributed by atoms with Gasteiger partial charge < -0.3 is 36.8 Å². The van der Waals surface area contributed by atoms with E-state index in [4.69, 9.17) is 10.8 Å². The van der Waals surface area contributed by atoms with Crippen molar-refractivity contribution < 1.29 is 39.6 Å². The molecule has 0 aliphatic heterocycles. The minimum Gasteiger partial charge on any atom is -0.508 e. The van der Waals surface area contributed by atoms with Crippen LogP contribution in [0.4, 0.5) is 0 Å². The summed E-state index contributed by atoms with van der Waals surface area (Å²) in [6.07, 6.45) is -0.608. The molecule has 0 unspecified atom stereocenters. The van der Waals surface area contributed by atoms with E-state index in [1.807, 2.05) is 0 Å². The smallest absolute Gasteiger partial charge is 0.326 e. The second-order valence-corrected chi connectivity index (χ2v) is 6.05. The summed E-state index contributed by atoms with van der Waals surface area (Å²) < 4.78 is 0. The number of amides is 2. The van der Waals surface area contributed by atoms with Crippen molar-refractivity contribution in [2.45, 2.75) is 37.4 Å². The Morgan fingerprint density at radius 2 is 1.54 bits per heavy atom. The van der Waals surface area contributed by atoms with Gasteiger partial charge in [0.2, 0.25) is 11.8 Å². The Balaban J connectivity index is 2.70. The maximum atomic E-state index is 12.2. The average Bonchev–Trinajstić information content (AvgIpc) is 2.64. The topological polar surface area (TPSA) is 199 Å². The Morgan fingerprint density at radius 3 is 2.04 bits per heavy atom. The number of aromatic hydroxyl groups is 1. The van der Waals surface area contributed by atoms with E-state index in [0.29, 0.717) is 5.56 Å². The lowest BCUT2D eigenvalue weighted by Crippen LogP contribution is -2.56. The van der Waals surface area contributed by atoms with E-state index in [9.17, 15) is 34.5 Å². The van der Waals surface area contributed by atoms with Crippen LogP contribution in [-0.2, 0) is 25.6 Å². The van der Waals surface area contributed by atoms with Gasteiger partial charge in [0.15, 0.2) is 0 Å². The van der Waals surface area contributed by atoms with Crippen LogP contribution in [0, 0.1) is 0 Å². The van der Waals surface area contributed by atoms with E-state index < -0.39 is 48.5 Å². The number of phenols is 1. The normalized spacial score (nSPS) is 13.8. The first-order valence-electron chi connectivity index (χ1n) is 8.33. The number of phenolic OH excluding ortho intramolecular Hbond substituents is 1. The molecule has 0 bridgehead atoms. The van der Waals surface area contributed by atoms with Gasteiger partial charge in [0, 0.05) is 12.8 Å². The molecule has 11 heteroatoms. The Kier molecular flexibility index (Phi) is 8.85. The van der Waals surface area contributed by atoms with Crippen molar-refractivity contribution in [2.75, 3.05) is 6.61 Å². The van der Waals surface area contributed by atoms with Gasteiger partial charge in [-0.15, -0.1) is 0 Å². The van der Waals surface area contributed by atoms with Crippen LogP contribution < -0.4 is 16.4 Å². The number of carbonyl (C=O) groups is 4.